The van der Waals surface area contributed by atoms with Gasteiger partial charge in [-0.05, 0) is 37.8 Å². The van der Waals surface area contributed by atoms with Gasteiger partial charge >= 0.3 is 5.97 Å². The number of nitrogens with zero attached hydrogens (tertiary/aromatic N) is 1. The van der Waals surface area contributed by atoms with Crippen LogP contribution in [0.3, 0.4) is 0 Å². The largest absolute Gasteiger partial charge is 0.456 e. The second-order valence-corrected chi connectivity index (χ2v) is 5.86. The SMILES string of the molecule is COCC1=C(N2CCC3(CCNCC3)C2)COC1=O. The minimum Gasteiger partial charge on any atom is -0.456 e. The van der Waals surface area contributed by atoms with Gasteiger partial charge in [-0.1, -0.05) is 0 Å². The molecule has 3 aliphatic heterocycles. The van der Waals surface area contributed by atoms with Crippen LogP contribution in [0.5, 0.6) is 0 Å². The Morgan fingerprint density at radius 3 is 2.89 bits per heavy atom. The number of hydrogen-bond donors (Lipinski definition) is 1. The molecule has 0 unspecified atom stereocenters. The van der Waals surface area contributed by atoms with Crippen LogP contribution in [0.25, 0.3) is 0 Å². The molecule has 0 aliphatic carbocycles. The fraction of sp³-hybridized carbons (Fsp3) is 0.786. The van der Waals surface area contributed by atoms with E-state index in [-0.39, 0.29) is 5.97 Å². The van der Waals surface area contributed by atoms with Crippen LogP contribution in [0, 0.1) is 5.41 Å². The van der Waals surface area contributed by atoms with E-state index in [0.29, 0.717) is 24.2 Å². The van der Waals surface area contributed by atoms with Gasteiger partial charge in [0.1, 0.15) is 6.61 Å². The average Bonchev–Trinajstić information content (AvgIpc) is 2.97. The summed E-state index contributed by atoms with van der Waals surface area (Å²) in [5.74, 6) is -0.205. The number of cyclic esters (lactones) is 1. The van der Waals surface area contributed by atoms with Crippen LogP contribution in [-0.4, -0.2) is 57.4 Å². The van der Waals surface area contributed by atoms with Gasteiger partial charge in [0.15, 0.2) is 0 Å². The van der Waals surface area contributed by atoms with E-state index >= 15 is 0 Å². The van der Waals surface area contributed by atoms with Crippen LogP contribution in [0.2, 0.25) is 0 Å². The van der Waals surface area contributed by atoms with E-state index < -0.39 is 0 Å². The standard InChI is InChI=1S/C14H22N2O3/c1-18-8-11-12(9-19-13(11)17)16-7-4-14(10-16)2-5-15-6-3-14/h15H,2-10H2,1H3. The average molecular weight is 266 g/mol. The number of piperidine rings is 1. The number of nitrogens with one attached hydrogen (secondary N) is 1. The maximum absolute atomic E-state index is 11.7. The number of ether oxygens (including phenoxy) is 2. The van der Waals surface area contributed by atoms with Gasteiger partial charge in [-0.25, -0.2) is 4.79 Å². The van der Waals surface area contributed by atoms with Crippen molar-refractivity contribution in [2.75, 3.05) is 46.5 Å². The van der Waals surface area contributed by atoms with Gasteiger partial charge < -0.3 is 19.7 Å². The van der Waals surface area contributed by atoms with Crippen LogP contribution < -0.4 is 5.32 Å². The lowest BCUT2D eigenvalue weighted by molar-refractivity contribution is -0.136. The molecule has 0 atom stereocenters. The summed E-state index contributed by atoms with van der Waals surface area (Å²) in [4.78, 5) is 14.1. The van der Waals surface area contributed by atoms with Crippen molar-refractivity contribution >= 4 is 5.97 Å². The van der Waals surface area contributed by atoms with Crippen molar-refractivity contribution < 1.29 is 14.3 Å². The van der Waals surface area contributed by atoms with E-state index in [1.165, 1.54) is 19.3 Å². The maximum Gasteiger partial charge on any atom is 0.338 e. The summed E-state index contributed by atoms with van der Waals surface area (Å²) in [6, 6.07) is 0. The lowest BCUT2D eigenvalue weighted by Gasteiger charge is -2.34. The van der Waals surface area contributed by atoms with E-state index in [9.17, 15) is 4.79 Å². The summed E-state index contributed by atoms with van der Waals surface area (Å²) >= 11 is 0. The Kier molecular flexibility index (Phi) is 3.50. The quantitative estimate of drug-likeness (QED) is 0.755. The van der Waals surface area contributed by atoms with E-state index in [4.69, 9.17) is 9.47 Å². The smallest absolute Gasteiger partial charge is 0.338 e. The molecule has 2 saturated heterocycles. The minimum absolute atomic E-state index is 0.205. The number of likely N-dealkylation sites (tertiary alicyclic amines) is 1. The summed E-state index contributed by atoms with van der Waals surface area (Å²) in [6.45, 7) is 5.12. The number of rotatable bonds is 3. The molecule has 0 amide bonds. The number of methoxy groups -OCH3 is 1. The summed E-state index contributed by atoms with van der Waals surface area (Å²) in [5.41, 5.74) is 2.22. The molecule has 106 valence electrons. The normalized spacial score (nSPS) is 26.4. The molecule has 0 aromatic heterocycles. The van der Waals surface area contributed by atoms with Crippen molar-refractivity contribution in [3.63, 3.8) is 0 Å². The van der Waals surface area contributed by atoms with Gasteiger partial charge in [0.2, 0.25) is 0 Å². The van der Waals surface area contributed by atoms with Gasteiger partial charge in [-0.3, -0.25) is 0 Å². The van der Waals surface area contributed by atoms with Crippen LogP contribution >= 0.6 is 0 Å². The molecular formula is C14H22N2O3. The van der Waals surface area contributed by atoms with Crippen molar-refractivity contribution in [1.29, 1.82) is 0 Å². The summed E-state index contributed by atoms with van der Waals surface area (Å²) < 4.78 is 10.3. The van der Waals surface area contributed by atoms with Gasteiger partial charge in [-0.2, -0.15) is 0 Å². The topological polar surface area (TPSA) is 50.8 Å². The maximum atomic E-state index is 11.7. The number of carbonyl (C=O) groups excluding carboxylic acids is 1. The molecule has 0 saturated carbocycles. The first-order valence-corrected chi connectivity index (χ1v) is 7.08. The van der Waals surface area contributed by atoms with Crippen molar-refractivity contribution in [2.45, 2.75) is 19.3 Å². The monoisotopic (exact) mass is 266 g/mol. The Bertz CT molecular complexity index is 399. The Morgan fingerprint density at radius 2 is 2.16 bits per heavy atom. The predicted molar refractivity (Wildman–Crippen MR) is 70.6 cm³/mol. The molecule has 0 bridgehead atoms. The highest BCUT2D eigenvalue weighted by Gasteiger charge is 2.41. The lowest BCUT2D eigenvalue weighted by Crippen LogP contribution is -2.38. The second kappa shape index (κ2) is 5.13. The Hall–Kier alpha value is -1.07. The fourth-order valence-electron chi connectivity index (χ4n) is 3.53. The minimum atomic E-state index is -0.205. The van der Waals surface area contributed by atoms with E-state index in [1.54, 1.807) is 7.11 Å². The predicted octanol–water partition coefficient (Wildman–Crippen LogP) is 0.519. The highest BCUT2D eigenvalue weighted by atomic mass is 16.5. The summed E-state index contributed by atoms with van der Waals surface area (Å²) in [5, 5.41) is 3.43. The Balaban J connectivity index is 1.74. The Labute approximate surface area is 113 Å². The third-order valence-corrected chi connectivity index (χ3v) is 4.71. The fourth-order valence-corrected chi connectivity index (χ4v) is 3.53. The number of esters is 1. The molecule has 3 aliphatic rings. The van der Waals surface area contributed by atoms with Crippen LogP contribution in [0.1, 0.15) is 19.3 Å². The van der Waals surface area contributed by atoms with Gasteiger partial charge in [0.25, 0.3) is 0 Å². The van der Waals surface area contributed by atoms with E-state index in [2.05, 4.69) is 10.2 Å². The molecule has 19 heavy (non-hydrogen) atoms. The molecule has 3 heterocycles. The number of carbonyl (C=O) groups is 1. The van der Waals surface area contributed by atoms with Crippen molar-refractivity contribution in [3.05, 3.63) is 11.3 Å². The van der Waals surface area contributed by atoms with Gasteiger partial charge in [0, 0.05) is 20.2 Å². The molecule has 1 N–H and O–H groups in total. The highest BCUT2D eigenvalue weighted by molar-refractivity contribution is 5.91. The first kappa shape index (κ1) is 12.9. The summed E-state index contributed by atoms with van der Waals surface area (Å²) in [6.07, 6.45) is 3.71. The molecule has 5 heteroatoms. The molecule has 1 spiro atoms. The van der Waals surface area contributed by atoms with Gasteiger partial charge in [-0.15, -0.1) is 0 Å². The van der Waals surface area contributed by atoms with E-state index in [1.807, 2.05) is 0 Å². The third-order valence-electron chi connectivity index (χ3n) is 4.71. The molecule has 3 rings (SSSR count). The zero-order chi connectivity index (χ0) is 13.3. The second-order valence-electron chi connectivity index (χ2n) is 5.86. The zero-order valence-corrected chi connectivity index (χ0v) is 11.5. The van der Waals surface area contributed by atoms with Crippen LogP contribution in [0.4, 0.5) is 0 Å². The highest BCUT2D eigenvalue weighted by Crippen LogP contribution is 2.40. The molecule has 0 radical (unpaired) electrons. The molecule has 0 aromatic carbocycles. The molecule has 2 fully saturated rings. The first-order chi connectivity index (χ1) is 9.24. The third kappa shape index (κ3) is 2.37. The van der Waals surface area contributed by atoms with E-state index in [0.717, 1.165) is 31.9 Å². The first-order valence-electron chi connectivity index (χ1n) is 7.08. The lowest BCUT2D eigenvalue weighted by atomic mass is 9.78. The summed E-state index contributed by atoms with van der Waals surface area (Å²) in [7, 11) is 1.62. The van der Waals surface area contributed by atoms with Crippen LogP contribution in [-0.2, 0) is 14.3 Å². The molecule has 5 nitrogen and oxygen atoms in total. The van der Waals surface area contributed by atoms with Crippen molar-refractivity contribution in [2.24, 2.45) is 5.41 Å². The Morgan fingerprint density at radius 1 is 1.37 bits per heavy atom. The molecular weight excluding hydrogens is 244 g/mol. The number of hydrogen-bond acceptors (Lipinski definition) is 5. The van der Waals surface area contributed by atoms with Crippen molar-refractivity contribution in [3.8, 4) is 0 Å². The van der Waals surface area contributed by atoms with Crippen molar-refractivity contribution in [1.82, 2.24) is 10.2 Å². The van der Waals surface area contributed by atoms with Crippen LogP contribution in [0.15, 0.2) is 11.3 Å². The zero-order valence-electron chi connectivity index (χ0n) is 11.5. The molecule has 0 aromatic rings. The van der Waals surface area contributed by atoms with Gasteiger partial charge in [0.05, 0.1) is 17.9 Å².